The van der Waals surface area contributed by atoms with Crippen molar-refractivity contribution in [3.8, 4) is 0 Å². The fourth-order valence-corrected chi connectivity index (χ4v) is 5.83. The lowest BCUT2D eigenvalue weighted by Gasteiger charge is -2.34. The summed E-state index contributed by atoms with van der Waals surface area (Å²) in [7, 11) is -2.39. The number of amidine groups is 1. The van der Waals surface area contributed by atoms with E-state index in [-0.39, 0.29) is 16.3 Å². The van der Waals surface area contributed by atoms with Crippen LogP contribution in [0.1, 0.15) is 18.4 Å². The minimum atomic E-state index is -3.82. The van der Waals surface area contributed by atoms with E-state index < -0.39 is 15.8 Å². The van der Waals surface area contributed by atoms with Crippen LogP contribution in [0.5, 0.6) is 0 Å². The van der Waals surface area contributed by atoms with Crippen molar-refractivity contribution in [2.24, 2.45) is 4.99 Å². The number of fused-ring (bicyclic) bond motifs is 5. The lowest BCUT2D eigenvalue weighted by Crippen LogP contribution is -2.39. The van der Waals surface area contributed by atoms with Gasteiger partial charge in [-0.25, -0.2) is 17.8 Å². The van der Waals surface area contributed by atoms with E-state index in [1.54, 1.807) is 30.3 Å². The molecule has 4 heterocycles. The molecule has 0 radical (unpaired) electrons. The first kappa shape index (κ1) is 18.6. The summed E-state index contributed by atoms with van der Waals surface area (Å²) in [6.45, 7) is 4.09. The third-order valence-corrected chi connectivity index (χ3v) is 7.98. The standard InChI is InChI=1S/C21H23FN4O2S/c1-24-21(17-4-2-3-5-18(17)22)23-19-7-6-16(14-20(19)29(24,27)28)26-13-12-25-10-8-15(26)9-11-25/h2-7,14-15H,8-13H2,1H3. The van der Waals surface area contributed by atoms with Crippen LogP contribution in [0.2, 0.25) is 0 Å². The minimum absolute atomic E-state index is 0.101. The van der Waals surface area contributed by atoms with Crippen LogP contribution in [-0.4, -0.2) is 62.7 Å². The average Bonchev–Trinajstić information content (AvgIpc) is 3.05. The number of nitrogens with zero attached hydrogens (tertiary/aromatic N) is 4. The van der Waals surface area contributed by atoms with Gasteiger partial charge in [-0.3, -0.25) is 4.31 Å². The van der Waals surface area contributed by atoms with Gasteiger partial charge in [0, 0.05) is 45.0 Å². The molecule has 8 heteroatoms. The normalized spacial score (nSPS) is 25.4. The number of halogens is 1. The van der Waals surface area contributed by atoms with Gasteiger partial charge in [0.25, 0.3) is 10.0 Å². The largest absolute Gasteiger partial charge is 0.367 e. The summed E-state index contributed by atoms with van der Waals surface area (Å²) in [5.74, 6) is -0.395. The van der Waals surface area contributed by atoms with Gasteiger partial charge in [0.2, 0.25) is 0 Å². The molecule has 4 aliphatic heterocycles. The molecule has 4 aliphatic rings. The maximum Gasteiger partial charge on any atom is 0.267 e. The van der Waals surface area contributed by atoms with Crippen LogP contribution in [0, 0.1) is 5.82 Å². The van der Waals surface area contributed by atoms with E-state index in [0.717, 1.165) is 49.0 Å². The van der Waals surface area contributed by atoms with Crippen molar-refractivity contribution in [3.05, 3.63) is 53.8 Å². The van der Waals surface area contributed by atoms with Crippen molar-refractivity contribution in [1.29, 1.82) is 0 Å². The topological polar surface area (TPSA) is 56.2 Å². The van der Waals surface area contributed by atoms with Crippen molar-refractivity contribution in [2.75, 3.05) is 38.1 Å². The quantitative estimate of drug-likeness (QED) is 0.758. The summed E-state index contributed by atoms with van der Waals surface area (Å²) >= 11 is 0. The molecule has 2 aromatic carbocycles. The van der Waals surface area contributed by atoms with Gasteiger partial charge in [-0.2, -0.15) is 0 Å². The molecule has 29 heavy (non-hydrogen) atoms. The first-order valence-corrected chi connectivity index (χ1v) is 11.3. The van der Waals surface area contributed by atoms with Crippen molar-refractivity contribution in [1.82, 2.24) is 9.21 Å². The number of sulfonamides is 1. The van der Waals surface area contributed by atoms with Crippen LogP contribution >= 0.6 is 0 Å². The molecule has 6 nitrogen and oxygen atoms in total. The monoisotopic (exact) mass is 414 g/mol. The molecule has 2 bridgehead atoms. The average molecular weight is 415 g/mol. The number of hydrogen-bond acceptors (Lipinski definition) is 5. The highest BCUT2D eigenvalue weighted by Gasteiger charge is 2.35. The SMILES string of the molecule is CN1C(c2ccccc2F)=Nc2ccc(N3CCN4CCC3CC4)cc2S1(=O)=O. The molecule has 0 aromatic heterocycles. The molecule has 0 saturated carbocycles. The zero-order chi connectivity index (χ0) is 20.2. The highest BCUT2D eigenvalue weighted by atomic mass is 32.2. The molecule has 0 N–H and O–H groups in total. The molecule has 0 aliphatic carbocycles. The summed E-state index contributed by atoms with van der Waals surface area (Å²) in [6, 6.07) is 11.9. The van der Waals surface area contributed by atoms with Gasteiger partial charge >= 0.3 is 0 Å². The molecule has 3 saturated heterocycles. The van der Waals surface area contributed by atoms with Gasteiger partial charge in [-0.15, -0.1) is 0 Å². The van der Waals surface area contributed by atoms with Crippen LogP contribution in [-0.2, 0) is 10.0 Å². The van der Waals surface area contributed by atoms with Crippen molar-refractivity contribution < 1.29 is 12.8 Å². The maximum atomic E-state index is 14.3. The first-order valence-electron chi connectivity index (χ1n) is 9.91. The Kier molecular flexibility index (Phi) is 4.36. The number of rotatable bonds is 2. The van der Waals surface area contributed by atoms with E-state index in [2.05, 4.69) is 14.8 Å². The second-order valence-electron chi connectivity index (χ2n) is 7.81. The summed E-state index contributed by atoms with van der Waals surface area (Å²) in [5.41, 5.74) is 1.44. The molecule has 3 fully saturated rings. The Morgan fingerprint density at radius 2 is 1.79 bits per heavy atom. The van der Waals surface area contributed by atoms with E-state index in [0.29, 0.717) is 11.7 Å². The predicted molar refractivity (Wildman–Crippen MR) is 111 cm³/mol. The van der Waals surface area contributed by atoms with Crippen LogP contribution in [0.15, 0.2) is 52.4 Å². The summed E-state index contributed by atoms with van der Waals surface area (Å²) in [4.78, 5) is 9.47. The Morgan fingerprint density at radius 1 is 1.03 bits per heavy atom. The van der Waals surface area contributed by atoms with Crippen LogP contribution in [0.3, 0.4) is 0 Å². The molecule has 0 atom stereocenters. The Labute approximate surface area is 170 Å². The van der Waals surface area contributed by atoms with E-state index in [4.69, 9.17) is 0 Å². The van der Waals surface area contributed by atoms with Gasteiger partial charge in [0.1, 0.15) is 10.7 Å². The Hall–Kier alpha value is -2.45. The fraction of sp³-hybridized carbons (Fsp3) is 0.381. The third-order valence-electron chi connectivity index (χ3n) is 6.21. The molecular formula is C21H23FN4O2S. The van der Waals surface area contributed by atoms with Crippen LogP contribution in [0.25, 0.3) is 0 Å². The lowest BCUT2D eigenvalue weighted by atomic mass is 10.0. The Bertz CT molecular complexity index is 1090. The number of benzene rings is 2. The molecule has 0 amide bonds. The van der Waals surface area contributed by atoms with Crippen molar-refractivity contribution >= 4 is 27.2 Å². The second-order valence-corrected chi connectivity index (χ2v) is 9.74. The molecule has 0 spiro atoms. The van der Waals surface area contributed by atoms with Crippen molar-refractivity contribution in [3.63, 3.8) is 0 Å². The van der Waals surface area contributed by atoms with Gasteiger partial charge < -0.3 is 9.80 Å². The summed E-state index contributed by atoms with van der Waals surface area (Å²) in [5, 5.41) is 0. The highest BCUT2D eigenvalue weighted by molar-refractivity contribution is 7.90. The fourth-order valence-electron chi connectivity index (χ4n) is 4.52. The minimum Gasteiger partial charge on any atom is -0.367 e. The maximum absolute atomic E-state index is 14.3. The predicted octanol–water partition coefficient (Wildman–Crippen LogP) is 2.82. The second kappa shape index (κ2) is 6.81. The zero-order valence-electron chi connectivity index (χ0n) is 16.3. The van der Waals surface area contributed by atoms with E-state index in [1.165, 1.54) is 13.1 Å². The number of anilines is 1. The zero-order valence-corrected chi connectivity index (χ0v) is 17.1. The third kappa shape index (κ3) is 3.02. The molecule has 0 unspecified atom stereocenters. The van der Waals surface area contributed by atoms with Gasteiger partial charge in [0.05, 0.1) is 11.3 Å². The number of hydrogen-bond donors (Lipinski definition) is 0. The van der Waals surface area contributed by atoms with Gasteiger partial charge in [-0.1, -0.05) is 12.1 Å². The van der Waals surface area contributed by atoms with Gasteiger partial charge in [-0.05, 0) is 43.2 Å². The van der Waals surface area contributed by atoms with E-state index in [1.807, 2.05) is 6.07 Å². The van der Waals surface area contributed by atoms with E-state index >= 15 is 0 Å². The lowest BCUT2D eigenvalue weighted by molar-refractivity contribution is 0.250. The van der Waals surface area contributed by atoms with Crippen LogP contribution in [0.4, 0.5) is 15.8 Å². The highest BCUT2D eigenvalue weighted by Crippen LogP contribution is 2.37. The molecule has 6 rings (SSSR count). The molecule has 152 valence electrons. The van der Waals surface area contributed by atoms with E-state index in [9.17, 15) is 12.8 Å². The van der Waals surface area contributed by atoms with Crippen molar-refractivity contribution in [2.45, 2.75) is 23.8 Å². The first-order chi connectivity index (χ1) is 13.9. The summed E-state index contributed by atoms with van der Waals surface area (Å²) < 4.78 is 41.9. The smallest absolute Gasteiger partial charge is 0.267 e. The van der Waals surface area contributed by atoms with Gasteiger partial charge in [0.15, 0.2) is 5.84 Å². The van der Waals surface area contributed by atoms with Crippen LogP contribution < -0.4 is 4.90 Å². The number of piperidine rings is 1. The molecular weight excluding hydrogens is 391 g/mol. The Morgan fingerprint density at radius 3 is 2.55 bits per heavy atom. The number of aliphatic imine (C=N–C) groups is 1. The summed E-state index contributed by atoms with van der Waals surface area (Å²) in [6.07, 6.45) is 2.19. The molecule has 2 aromatic rings. The Balaban J connectivity index is 1.59.